The molecule has 2 aliphatic carbocycles. The normalized spacial score (nSPS) is 27.9. The highest BCUT2D eigenvalue weighted by Crippen LogP contribution is 2.52. The smallest absolute Gasteiger partial charge is 0.407 e. The van der Waals surface area contributed by atoms with Crippen molar-refractivity contribution in [3.05, 3.63) is 48.0 Å². The maximum absolute atomic E-state index is 12.6. The maximum atomic E-state index is 12.6. The molecule has 6 nitrogen and oxygen atoms in total. The first-order chi connectivity index (χ1) is 13.1. The number of rotatable bonds is 7. The second-order valence-electron chi connectivity index (χ2n) is 7.52. The number of hydrogen-bond acceptors (Lipinski definition) is 4. The SMILES string of the molecule is O=C(NCCCCN1C(=O)[C@@H]2[C@H](C1=O)[C@@H]1C=C[C@H]2C1)OCc1ccccc1. The van der Waals surface area contributed by atoms with Crippen molar-refractivity contribution in [3.63, 3.8) is 0 Å². The third kappa shape index (κ3) is 3.48. The average Bonchev–Trinajstić information content (AvgIpc) is 3.36. The van der Waals surface area contributed by atoms with Gasteiger partial charge in [-0.05, 0) is 36.7 Å². The summed E-state index contributed by atoms with van der Waals surface area (Å²) in [7, 11) is 0. The molecule has 1 saturated carbocycles. The second kappa shape index (κ2) is 7.55. The minimum Gasteiger partial charge on any atom is -0.445 e. The van der Waals surface area contributed by atoms with Gasteiger partial charge in [-0.15, -0.1) is 0 Å². The lowest BCUT2D eigenvalue weighted by atomic mass is 9.85. The van der Waals surface area contributed by atoms with Gasteiger partial charge in [-0.2, -0.15) is 0 Å². The molecule has 4 atom stereocenters. The molecule has 2 bridgehead atoms. The third-order valence-corrected chi connectivity index (χ3v) is 5.85. The van der Waals surface area contributed by atoms with Gasteiger partial charge in [0.05, 0.1) is 11.8 Å². The van der Waals surface area contributed by atoms with Crippen LogP contribution in [-0.2, 0) is 20.9 Å². The van der Waals surface area contributed by atoms with Gasteiger partial charge < -0.3 is 10.1 Å². The molecule has 1 aromatic carbocycles. The number of hydrogen-bond donors (Lipinski definition) is 1. The molecule has 1 aliphatic heterocycles. The van der Waals surface area contributed by atoms with Gasteiger partial charge in [0.15, 0.2) is 0 Å². The van der Waals surface area contributed by atoms with Crippen LogP contribution in [-0.4, -0.2) is 35.9 Å². The summed E-state index contributed by atoms with van der Waals surface area (Å²) in [5.41, 5.74) is 0.938. The van der Waals surface area contributed by atoms with Gasteiger partial charge in [-0.25, -0.2) is 4.79 Å². The van der Waals surface area contributed by atoms with Crippen molar-refractivity contribution in [2.45, 2.75) is 25.9 Å². The van der Waals surface area contributed by atoms with Crippen LogP contribution < -0.4 is 5.32 Å². The Kier molecular flexibility index (Phi) is 4.97. The first-order valence-electron chi connectivity index (χ1n) is 9.63. The summed E-state index contributed by atoms with van der Waals surface area (Å²) < 4.78 is 5.15. The average molecular weight is 368 g/mol. The number of carbonyl (C=O) groups excluding carboxylic acids is 3. The van der Waals surface area contributed by atoms with Crippen molar-refractivity contribution >= 4 is 17.9 Å². The monoisotopic (exact) mass is 368 g/mol. The lowest BCUT2D eigenvalue weighted by Crippen LogP contribution is -2.34. The lowest BCUT2D eigenvalue weighted by molar-refractivity contribution is -0.140. The van der Waals surface area contributed by atoms with E-state index in [9.17, 15) is 14.4 Å². The Morgan fingerprint density at radius 1 is 1.04 bits per heavy atom. The highest BCUT2D eigenvalue weighted by Gasteiger charge is 2.58. The van der Waals surface area contributed by atoms with E-state index in [1.807, 2.05) is 30.3 Å². The Morgan fingerprint density at radius 2 is 1.70 bits per heavy atom. The van der Waals surface area contributed by atoms with Crippen molar-refractivity contribution in [1.29, 1.82) is 0 Å². The molecule has 3 aliphatic rings. The Bertz CT molecular complexity index is 731. The Morgan fingerprint density at radius 3 is 2.37 bits per heavy atom. The Labute approximate surface area is 158 Å². The van der Waals surface area contributed by atoms with E-state index in [4.69, 9.17) is 4.74 Å². The predicted molar refractivity (Wildman–Crippen MR) is 98.3 cm³/mol. The van der Waals surface area contributed by atoms with Crippen LogP contribution in [0.1, 0.15) is 24.8 Å². The number of nitrogens with one attached hydrogen (secondary N) is 1. The summed E-state index contributed by atoms with van der Waals surface area (Å²) >= 11 is 0. The van der Waals surface area contributed by atoms with E-state index in [0.29, 0.717) is 25.9 Å². The second-order valence-corrected chi connectivity index (χ2v) is 7.52. The summed E-state index contributed by atoms with van der Waals surface area (Å²) in [6, 6.07) is 9.50. The molecule has 1 N–H and O–H groups in total. The van der Waals surface area contributed by atoms with Gasteiger partial charge in [0, 0.05) is 13.1 Å². The molecule has 0 unspecified atom stereocenters. The largest absolute Gasteiger partial charge is 0.445 e. The van der Waals surface area contributed by atoms with E-state index in [2.05, 4.69) is 17.5 Å². The Hall–Kier alpha value is -2.63. The van der Waals surface area contributed by atoms with Gasteiger partial charge >= 0.3 is 6.09 Å². The summed E-state index contributed by atoms with van der Waals surface area (Å²) in [5.74, 6) is 0.247. The van der Waals surface area contributed by atoms with Gasteiger partial charge in [0.1, 0.15) is 6.61 Å². The molecule has 27 heavy (non-hydrogen) atoms. The highest BCUT2D eigenvalue weighted by molar-refractivity contribution is 6.06. The molecule has 6 heteroatoms. The fourth-order valence-corrected chi connectivity index (χ4v) is 4.54. The number of alkyl carbamates (subject to hydrolysis) is 1. The van der Waals surface area contributed by atoms with E-state index in [1.54, 1.807) is 0 Å². The van der Waals surface area contributed by atoms with Gasteiger partial charge in [0.2, 0.25) is 11.8 Å². The first-order valence-corrected chi connectivity index (χ1v) is 9.63. The van der Waals surface area contributed by atoms with Crippen LogP contribution in [0.2, 0.25) is 0 Å². The minimum atomic E-state index is -0.454. The van der Waals surface area contributed by atoms with Gasteiger partial charge in [-0.3, -0.25) is 14.5 Å². The van der Waals surface area contributed by atoms with Crippen LogP contribution in [0.15, 0.2) is 42.5 Å². The van der Waals surface area contributed by atoms with Crippen molar-refractivity contribution in [1.82, 2.24) is 10.2 Å². The van der Waals surface area contributed by atoms with Crippen molar-refractivity contribution in [2.24, 2.45) is 23.7 Å². The van der Waals surface area contributed by atoms with Crippen LogP contribution >= 0.6 is 0 Å². The zero-order chi connectivity index (χ0) is 18.8. The van der Waals surface area contributed by atoms with E-state index >= 15 is 0 Å². The molecule has 1 heterocycles. The van der Waals surface area contributed by atoms with Crippen LogP contribution in [0.3, 0.4) is 0 Å². The van der Waals surface area contributed by atoms with Gasteiger partial charge in [-0.1, -0.05) is 42.5 Å². The maximum Gasteiger partial charge on any atom is 0.407 e. The van der Waals surface area contributed by atoms with E-state index in [-0.39, 0.29) is 42.1 Å². The van der Waals surface area contributed by atoms with Crippen molar-refractivity contribution < 1.29 is 19.1 Å². The van der Waals surface area contributed by atoms with E-state index < -0.39 is 6.09 Å². The summed E-state index contributed by atoms with van der Waals surface area (Å²) in [4.78, 5) is 38.3. The standard InChI is InChI=1S/C21H24N2O4/c24-19-17-15-8-9-16(12-15)18(17)20(25)23(19)11-5-4-10-22-21(26)27-13-14-6-2-1-3-7-14/h1-3,6-9,15-18H,4-5,10-13H2,(H,22,26)/t15-,16+,17-,18+. The lowest BCUT2D eigenvalue weighted by Gasteiger charge is -2.17. The van der Waals surface area contributed by atoms with Crippen LogP contribution in [0.5, 0.6) is 0 Å². The molecular formula is C21H24N2O4. The predicted octanol–water partition coefficient (Wildman–Crippen LogP) is 2.50. The quantitative estimate of drug-likeness (QED) is 0.456. The molecule has 1 aromatic rings. The van der Waals surface area contributed by atoms with Crippen LogP contribution in [0.4, 0.5) is 4.79 Å². The molecule has 0 spiro atoms. The molecule has 0 radical (unpaired) electrons. The number of amides is 3. The number of ether oxygens (including phenoxy) is 1. The molecule has 142 valence electrons. The molecule has 4 rings (SSSR count). The highest BCUT2D eigenvalue weighted by atomic mass is 16.5. The van der Waals surface area contributed by atoms with Gasteiger partial charge in [0.25, 0.3) is 0 Å². The molecule has 1 saturated heterocycles. The number of unbranched alkanes of at least 4 members (excludes halogenated alkanes) is 1. The topological polar surface area (TPSA) is 75.7 Å². The minimum absolute atomic E-state index is 0.00270. The molecule has 0 aromatic heterocycles. The number of carbonyl (C=O) groups is 3. The fraction of sp³-hybridized carbons (Fsp3) is 0.476. The summed E-state index contributed by atoms with van der Waals surface area (Å²) in [6.07, 6.45) is 6.08. The third-order valence-electron chi connectivity index (χ3n) is 5.85. The van der Waals surface area contributed by atoms with Crippen LogP contribution in [0.25, 0.3) is 0 Å². The van der Waals surface area contributed by atoms with Crippen molar-refractivity contribution in [2.75, 3.05) is 13.1 Å². The van der Waals surface area contributed by atoms with Crippen molar-refractivity contribution in [3.8, 4) is 0 Å². The zero-order valence-electron chi connectivity index (χ0n) is 15.2. The number of nitrogens with zero attached hydrogens (tertiary/aromatic N) is 1. The number of allylic oxidation sites excluding steroid dienone is 2. The zero-order valence-corrected chi connectivity index (χ0v) is 15.2. The Balaban J connectivity index is 1.14. The molecule has 2 fully saturated rings. The van der Waals surface area contributed by atoms with Crippen LogP contribution in [0, 0.1) is 23.7 Å². The summed E-state index contributed by atoms with van der Waals surface area (Å²) in [5, 5.41) is 2.71. The summed E-state index contributed by atoms with van der Waals surface area (Å²) in [6.45, 7) is 1.14. The number of benzene rings is 1. The number of fused-ring (bicyclic) bond motifs is 5. The number of likely N-dealkylation sites (tertiary alicyclic amines) is 1. The molecule has 3 amide bonds. The van der Waals surface area contributed by atoms with E-state index in [0.717, 1.165) is 12.0 Å². The number of imide groups is 1. The van der Waals surface area contributed by atoms with E-state index in [1.165, 1.54) is 4.90 Å². The first kappa shape index (κ1) is 17.8. The molecular weight excluding hydrogens is 344 g/mol. The fourth-order valence-electron chi connectivity index (χ4n) is 4.54.